The van der Waals surface area contributed by atoms with Crippen molar-refractivity contribution in [1.29, 1.82) is 5.26 Å². The normalized spacial score (nSPS) is 14.1. The third kappa shape index (κ3) is 2.13. The Morgan fingerprint density at radius 1 is 1.53 bits per heavy atom. The topological polar surface area (TPSA) is 53.3 Å². The fraction of sp³-hybridized carbons (Fsp3) is 0.231. The van der Waals surface area contributed by atoms with Crippen LogP contribution in [0.1, 0.15) is 5.56 Å². The van der Waals surface area contributed by atoms with Gasteiger partial charge in [0.2, 0.25) is 0 Å². The lowest BCUT2D eigenvalue weighted by molar-refractivity contribution is -0.135. The van der Waals surface area contributed by atoms with Gasteiger partial charge in [-0.05, 0) is 18.1 Å². The van der Waals surface area contributed by atoms with Gasteiger partial charge < -0.3 is 9.64 Å². The number of benzene rings is 1. The van der Waals surface area contributed by atoms with Gasteiger partial charge >= 0.3 is 5.97 Å². The molecule has 2 rings (SSSR count). The van der Waals surface area contributed by atoms with Crippen LogP contribution in [0.5, 0.6) is 0 Å². The average Bonchev–Trinajstić information content (AvgIpc) is 2.78. The van der Waals surface area contributed by atoms with Crippen LogP contribution in [0.15, 0.2) is 36.0 Å². The maximum atomic E-state index is 11.3. The van der Waals surface area contributed by atoms with Gasteiger partial charge in [-0.1, -0.05) is 18.2 Å². The number of methoxy groups -OCH3 is 1. The summed E-state index contributed by atoms with van der Waals surface area (Å²) >= 11 is 0. The number of rotatable bonds is 2. The first-order valence-corrected chi connectivity index (χ1v) is 5.31. The fourth-order valence-corrected chi connectivity index (χ4v) is 1.89. The molecule has 0 fully saturated rings. The highest BCUT2D eigenvalue weighted by Crippen LogP contribution is 2.28. The van der Waals surface area contributed by atoms with Crippen molar-refractivity contribution in [1.82, 2.24) is 0 Å². The second kappa shape index (κ2) is 4.71. The van der Waals surface area contributed by atoms with E-state index >= 15 is 0 Å². The summed E-state index contributed by atoms with van der Waals surface area (Å²) in [5.41, 5.74) is 2.29. The van der Waals surface area contributed by atoms with E-state index in [0.29, 0.717) is 0 Å². The lowest BCUT2D eigenvalue weighted by Gasteiger charge is -2.13. The van der Waals surface area contributed by atoms with E-state index in [9.17, 15) is 4.79 Å². The fourth-order valence-electron chi connectivity index (χ4n) is 1.89. The maximum absolute atomic E-state index is 11.3. The highest BCUT2D eigenvalue weighted by molar-refractivity contribution is 5.93. The van der Waals surface area contributed by atoms with Crippen molar-refractivity contribution in [2.45, 2.75) is 6.42 Å². The Morgan fingerprint density at radius 3 is 3.00 bits per heavy atom. The van der Waals surface area contributed by atoms with Crippen LogP contribution in [0.3, 0.4) is 0 Å². The highest BCUT2D eigenvalue weighted by atomic mass is 16.5. The van der Waals surface area contributed by atoms with Gasteiger partial charge in [-0.2, -0.15) is 5.26 Å². The van der Waals surface area contributed by atoms with Crippen molar-refractivity contribution in [2.75, 3.05) is 18.6 Å². The van der Waals surface area contributed by atoms with E-state index in [0.717, 1.165) is 18.7 Å². The molecule has 1 aliphatic heterocycles. The minimum Gasteiger partial charge on any atom is -0.465 e. The van der Waals surface area contributed by atoms with Crippen LogP contribution in [0, 0.1) is 11.3 Å². The Bertz CT molecular complexity index is 514. The maximum Gasteiger partial charge on any atom is 0.350 e. The van der Waals surface area contributed by atoms with E-state index in [1.165, 1.54) is 12.7 Å². The Hall–Kier alpha value is -2.28. The van der Waals surface area contributed by atoms with Crippen LogP contribution in [-0.4, -0.2) is 19.6 Å². The summed E-state index contributed by atoms with van der Waals surface area (Å²) in [5, 5.41) is 8.89. The third-order valence-corrected chi connectivity index (χ3v) is 2.73. The number of carbonyl (C=O) groups excluding carboxylic acids is 1. The lowest BCUT2D eigenvalue weighted by atomic mass is 10.2. The number of anilines is 1. The zero-order chi connectivity index (χ0) is 12.3. The number of hydrogen-bond donors (Lipinski definition) is 0. The summed E-state index contributed by atoms with van der Waals surface area (Å²) < 4.78 is 4.55. The molecule has 0 aliphatic carbocycles. The van der Waals surface area contributed by atoms with Crippen molar-refractivity contribution < 1.29 is 9.53 Å². The molecule has 0 amide bonds. The summed E-state index contributed by atoms with van der Waals surface area (Å²) in [6.07, 6.45) is 2.48. The van der Waals surface area contributed by atoms with E-state index in [2.05, 4.69) is 4.74 Å². The van der Waals surface area contributed by atoms with E-state index in [1.54, 1.807) is 6.20 Å². The van der Waals surface area contributed by atoms with Gasteiger partial charge in [0.25, 0.3) is 0 Å². The number of nitriles is 1. The van der Waals surface area contributed by atoms with Crippen molar-refractivity contribution in [3.05, 3.63) is 41.6 Å². The molecule has 1 heterocycles. The molecule has 0 spiro atoms. The van der Waals surface area contributed by atoms with Crippen molar-refractivity contribution in [3.8, 4) is 6.07 Å². The molecule has 1 aliphatic rings. The number of para-hydroxylation sites is 1. The SMILES string of the molecule is COC(=O)/C(C#N)=C/N1CCc2ccccc21. The number of ether oxygens (including phenoxy) is 1. The minimum absolute atomic E-state index is 0.0178. The number of fused-ring (bicyclic) bond motifs is 1. The zero-order valence-electron chi connectivity index (χ0n) is 9.51. The highest BCUT2D eigenvalue weighted by Gasteiger charge is 2.19. The monoisotopic (exact) mass is 228 g/mol. The van der Waals surface area contributed by atoms with Gasteiger partial charge in [0, 0.05) is 18.4 Å². The van der Waals surface area contributed by atoms with Crippen molar-refractivity contribution >= 4 is 11.7 Å². The van der Waals surface area contributed by atoms with Gasteiger partial charge in [-0.15, -0.1) is 0 Å². The van der Waals surface area contributed by atoms with Gasteiger partial charge in [-0.25, -0.2) is 4.79 Å². The Labute approximate surface area is 99.7 Å². The molecule has 0 unspecified atom stereocenters. The molecule has 86 valence electrons. The molecular weight excluding hydrogens is 216 g/mol. The van der Waals surface area contributed by atoms with Gasteiger partial charge in [0.1, 0.15) is 6.07 Å². The van der Waals surface area contributed by atoms with Gasteiger partial charge in [-0.3, -0.25) is 0 Å². The molecule has 0 N–H and O–H groups in total. The minimum atomic E-state index is -0.600. The number of esters is 1. The van der Waals surface area contributed by atoms with E-state index in [-0.39, 0.29) is 5.57 Å². The van der Waals surface area contributed by atoms with E-state index < -0.39 is 5.97 Å². The molecule has 0 bridgehead atoms. The molecular formula is C13H12N2O2. The van der Waals surface area contributed by atoms with E-state index in [1.807, 2.05) is 35.2 Å². The van der Waals surface area contributed by atoms with Crippen LogP contribution < -0.4 is 4.90 Å². The zero-order valence-corrected chi connectivity index (χ0v) is 9.51. The van der Waals surface area contributed by atoms with Crippen LogP contribution in [-0.2, 0) is 16.0 Å². The van der Waals surface area contributed by atoms with Crippen LogP contribution in [0.2, 0.25) is 0 Å². The second-order valence-electron chi connectivity index (χ2n) is 3.72. The van der Waals surface area contributed by atoms with Crippen LogP contribution >= 0.6 is 0 Å². The Balaban J connectivity index is 2.30. The molecule has 17 heavy (non-hydrogen) atoms. The average molecular weight is 228 g/mol. The van der Waals surface area contributed by atoms with Gasteiger partial charge in [0.15, 0.2) is 5.57 Å². The number of carbonyl (C=O) groups is 1. The molecule has 4 nitrogen and oxygen atoms in total. The number of hydrogen-bond acceptors (Lipinski definition) is 4. The summed E-state index contributed by atoms with van der Waals surface area (Å²) in [7, 11) is 1.27. The third-order valence-electron chi connectivity index (χ3n) is 2.73. The first kappa shape index (κ1) is 11.2. The Kier molecular flexibility index (Phi) is 3.10. The molecule has 0 saturated heterocycles. The summed E-state index contributed by atoms with van der Waals surface area (Å²) in [5.74, 6) is -0.600. The quantitative estimate of drug-likeness (QED) is 0.438. The van der Waals surface area contributed by atoms with E-state index in [4.69, 9.17) is 5.26 Å². The van der Waals surface area contributed by atoms with Gasteiger partial charge in [0.05, 0.1) is 7.11 Å². The summed E-state index contributed by atoms with van der Waals surface area (Å²) in [6, 6.07) is 9.80. The molecule has 1 aromatic carbocycles. The first-order chi connectivity index (χ1) is 8.26. The molecule has 0 aromatic heterocycles. The smallest absolute Gasteiger partial charge is 0.350 e. The molecule has 0 atom stereocenters. The molecule has 1 aromatic rings. The van der Waals surface area contributed by atoms with Crippen LogP contribution in [0.25, 0.3) is 0 Å². The van der Waals surface area contributed by atoms with Crippen molar-refractivity contribution in [3.63, 3.8) is 0 Å². The standard InChI is InChI=1S/C13H12N2O2/c1-17-13(16)11(8-14)9-15-7-6-10-4-2-3-5-12(10)15/h2-5,9H,6-7H2,1H3/b11-9+. The van der Waals surface area contributed by atoms with Crippen LogP contribution in [0.4, 0.5) is 5.69 Å². The molecule has 0 radical (unpaired) electrons. The summed E-state index contributed by atoms with van der Waals surface area (Å²) in [6.45, 7) is 0.779. The number of nitrogens with zero attached hydrogens (tertiary/aromatic N) is 2. The first-order valence-electron chi connectivity index (χ1n) is 5.31. The lowest BCUT2D eigenvalue weighted by Crippen LogP contribution is -2.15. The predicted molar refractivity (Wildman–Crippen MR) is 63.2 cm³/mol. The van der Waals surface area contributed by atoms with Crippen molar-refractivity contribution in [2.24, 2.45) is 0 Å². The predicted octanol–water partition coefficient (Wildman–Crippen LogP) is 1.63. The largest absolute Gasteiger partial charge is 0.465 e. The Morgan fingerprint density at radius 2 is 2.29 bits per heavy atom. The molecule has 0 saturated carbocycles. The molecule has 4 heteroatoms. The second-order valence-corrected chi connectivity index (χ2v) is 3.72. The summed E-state index contributed by atoms with van der Waals surface area (Å²) in [4.78, 5) is 13.2.